The SMILES string of the molecule is CCNC1CCCC(c2cscc2Br)C1. The molecule has 2 unspecified atom stereocenters. The van der Waals surface area contributed by atoms with Crippen molar-refractivity contribution in [2.75, 3.05) is 6.54 Å². The molecule has 0 bridgehead atoms. The highest BCUT2D eigenvalue weighted by molar-refractivity contribution is 9.10. The van der Waals surface area contributed by atoms with Gasteiger partial charge in [-0.05, 0) is 58.6 Å². The van der Waals surface area contributed by atoms with E-state index in [2.05, 4.69) is 38.9 Å². The fourth-order valence-corrected chi connectivity index (χ4v) is 4.23. The third-order valence-corrected chi connectivity index (χ3v) is 5.00. The summed E-state index contributed by atoms with van der Waals surface area (Å²) in [5, 5.41) is 8.09. The summed E-state index contributed by atoms with van der Waals surface area (Å²) in [6.45, 7) is 3.30. The van der Waals surface area contributed by atoms with Crippen LogP contribution in [0.3, 0.4) is 0 Å². The molecule has 2 rings (SSSR count). The highest BCUT2D eigenvalue weighted by Gasteiger charge is 2.24. The van der Waals surface area contributed by atoms with Gasteiger partial charge in [-0.25, -0.2) is 0 Å². The van der Waals surface area contributed by atoms with Crippen molar-refractivity contribution < 1.29 is 0 Å². The molecular formula is C12H18BrNS. The van der Waals surface area contributed by atoms with E-state index in [1.807, 2.05) is 11.3 Å². The maximum absolute atomic E-state index is 3.65. The second kappa shape index (κ2) is 5.46. The molecule has 1 fully saturated rings. The lowest BCUT2D eigenvalue weighted by Crippen LogP contribution is -2.33. The summed E-state index contributed by atoms with van der Waals surface area (Å²) in [5.41, 5.74) is 1.53. The smallest absolute Gasteiger partial charge is 0.0317 e. The molecule has 1 aliphatic carbocycles. The zero-order chi connectivity index (χ0) is 10.7. The van der Waals surface area contributed by atoms with Crippen LogP contribution in [-0.2, 0) is 0 Å². The van der Waals surface area contributed by atoms with Crippen LogP contribution in [0.2, 0.25) is 0 Å². The van der Waals surface area contributed by atoms with Crippen molar-refractivity contribution in [2.45, 2.75) is 44.6 Å². The first kappa shape index (κ1) is 11.6. The van der Waals surface area contributed by atoms with Crippen LogP contribution in [0.15, 0.2) is 15.2 Å². The van der Waals surface area contributed by atoms with Crippen LogP contribution in [0.5, 0.6) is 0 Å². The van der Waals surface area contributed by atoms with Gasteiger partial charge in [-0.1, -0.05) is 13.3 Å². The summed E-state index contributed by atoms with van der Waals surface area (Å²) in [7, 11) is 0. The van der Waals surface area contributed by atoms with Gasteiger partial charge in [0.2, 0.25) is 0 Å². The van der Waals surface area contributed by atoms with Crippen LogP contribution in [0, 0.1) is 0 Å². The molecule has 15 heavy (non-hydrogen) atoms. The molecule has 0 radical (unpaired) electrons. The lowest BCUT2D eigenvalue weighted by atomic mass is 9.82. The monoisotopic (exact) mass is 287 g/mol. The van der Waals surface area contributed by atoms with E-state index in [1.165, 1.54) is 35.7 Å². The highest BCUT2D eigenvalue weighted by Crippen LogP contribution is 2.38. The Labute approximate surface area is 104 Å². The molecule has 2 atom stereocenters. The van der Waals surface area contributed by atoms with Gasteiger partial charge in [-0.15, -0.1) is 0 Å². The average molecular weight is 288 g/mol. The van der Waals surface area contributed by atoms with Crippen molar-refractivity contribution in [2.24, 2.45) is 0 Å². The molecule has 3 heteroatoms. The predicted molar refractivity (Wildman–Crippen MR) is 70.7 cm³/mol. The first-order valence-corrected chi connectivity index (χ1v) is 7.49. The van der Waals surface area contributed by atoms with Gasteiger partial charge >= 0.3 is 0 Å². The number of halogens is 1. The Hall–Kier alpha value is 0.140. The lowest BCUT2D eigenvalue weighted by molar-refractivity contribution is 0.344. The molecule has 84 valence electrons. The van der Waals surface area contributed by atoms with Gasteiger partial charge in [0.25, 0.3) is 0 Å². The lowest BCUT2D eigenvalue weighted by Gasteiger charge is -2.29. The summed E-state index contributed by atoms with van der Waals surface area (Å²) in [5.74, 6) is 0.767. The molecule has 0 amide bonds. The van der Waals surface area contributed by atoms with E-state index in [4.69, 9.17) is 0 Å². The van der Waals surface area contributed by atoms with Crippen LogP contribution in [0.25, 0.3) is 0 Å². The van der Waals surface area contributed by atoms with E-state index in [-0.39, 0.29) is 0 Å². The standard InChI is InChI=1S/C12H18BrNS/c1-2-14-10-5-3-4-9(6-10)11-7-15-8-12(11)13/h7-10,14H,2-6H2,1H3. The predicted octanol–water partition coefficient (Wildman–Crippen LogP) is 4.15. The summed E-state index contributed by atoms with van der Waals surface area (Å²) in [4.78, 5) is 0. The zero-order valence-corrected chi connectivity index (χ0v) is 11.5. The van der Waals surface area contributed by atoms with E-state index in [0.29, 0.717) is 0 Å². The second-order valence-corrected chi connectivity index (χ2v) is 5.89. The minimum absolute atomic E-state index is 0.737. The van der Waals surface area contributed by atoms with Crippen LogP contribution in [-0.4, -0.2) is 12.6 Å². The Balaban J connectivity index is 2.01. The number of rotatable bonds is 3. The quantitative estimate of drug-likeness (QED) is 0.881. The van der Waals surface area contributed by atoms with E-state index < -0.39 is 0 Å². The van der Waals surface area contributed by atoms with Crippen molar-refractivity contribution in [1.29, 1.82) is 0 Å². The Kier molecular flexibility index (Phi) is 4.23. The fraction of sp³-hybridized carbons (Fsp3) is 0.667. The summed E-state index contributed by atoms with van der Waals surface area (Å²) >= 11 is 5.46. The maximum Gasteiger partial charge on any atom is 0.0317 e. The molecule has 0 aromatic carbocycles. The largest absolute Gasteiger partial charge is 0.314 e. The minimum Gasteiger partial charge on any atom is -0.314 e. The normalized spacial score (nSPS) is 26.8. The molecule has 1 aliphatic rings. The van der Waals surface area contributed by atoms with Crippen LogP contribution in [0.4, 0.5) is 0 Å². The van der Waals surface area contributed by atoms with Crippen LogP contribution >= 0.6 is 27.3 Å². The van der Waals surface area contributed by atoms with E-state index in [0.717, 1.165) is 18.5 Å². The Morgan fingerprint density at radius 2 is 2.33 bits per heavy atom. The molecule has 1 heterocycles. The van der Waals surface area contributed by atoms with Crippen molar-refractivity contribution in [3.05, 3.63) is 20.8 Å². The van der Waals surface area contributed by atoms with Gasteiger partial charge in [0.1, 0.15) is 0 Å². The highest BCUT2D eigenvalue weighted by atomic mass is 79.9. The summed E-state index contributed by atoms with van der Waals surface area (Å²) < 4.78 is 1.31. The average Bonchev–Trinajstić information content (AvgIpc) is 2.65. The first-order valence-electron chi connectivity index (χ1n) is 5.76. The minimum atomic E-state index is 0.737. The fourth-order valence-electron chi connectivity index (χ4n) is 2.53. The third-order valence-electron chi connectivity index (χ3n) is 3.25. The van der Waals surface area contributed by atoms with Gasteiger partial charge in [-0.3, -0.25) is 0 Å². The third kappa shape index (κ3) is 2.83. The molecule has 1 aromatic heterocycles. The molecule has 1 saturated carbocycles. The number of nitrogens with one attached hydrogen (secondary N) is 1. The summed E-state index contributed by atoms with van der Waals surface area (Å²) in [6.07, 6.45) is 5.39. The maximum atomic E-state index is 3.65. The Morgan fingerprint density at radius 3 is 3.00 bits per heavy atom. The zero-order valence-electron chi connectivity index (χ0n) is 9.13. The van der Waals surface area contributed by atoms with E-state index in [9.17, 15) is 0 Å². The van der Waals surface area contributed by atoms with E-state index in [1.54, 1.807) is 0 Å². The van der Waals surface area contributed by atoms with Crippen molar-refractivity contribution in [3.63, 3.8) is 0 Å². The number of hydrogen-bond acceptors (Lipinski definition) is 2. The van der Waals surface area contributed by atoms with Gasteiger partial charge in [0, 0.05) is 15.9 Å². The van der Waals surface area contributed by atoms with Gasteiger partial charge < -0.3 is 5.32 Å². The first-order chi connectivity index (χ1) is 7.31. The van der Waals surface area contributed by atoms with Crippen molar-refractivity contribution in [1.82, 2.24) is 5.32 Å². The van der Waals surface area contributed by atoms with Gasteiger partial charge in [0.05, 0.1) is 0 Å². The molecular weight excluding hydrogens is 270 g/mol. The number of thiophene rings is 1. The molecule has 1 N–H and O–H groups in total. The van der Waals surface area contributed by atoms with Gasteiger partial charge in [-0.2, -0.15) is 11.3 Å². The second-order valence-electron chi connectivity index (χ2n) is 4.29. The Morgan fingerprint density at radius 1 is 1.47 bits per heavy atom. The molecule has 1 nitrogen and oxygen atoms in total. The summed E-state index contributed by atoms with van der Waals surface area (Å²) in [6, 6.07) is 0.737. The van der Waals surface area contributed by atoms with Crippen LogP contribution < -0.4 is 5.32 Å². The molecule has 0 spiro atoms. The van der Waals surface area contributed by atoms with Crippen molar-refractivity contribution in [3.8, 4) is 0 Å². The van der Waals surface area contributed by atoms with Crippen LogP contribution in [0.1, 0.15) is 44.1 Å². The van der Waals surface area contributed by atoms with E-state index >= 15 is 0 Å². The topological polar surface area (TPSA) is 12.0 Å². The van der Waals surface area contributed by atoms with Crippen molar-refractivity contribution >= 4 is 27.3 Å². The molecule has 0 saturated heterocycles. The molecule has 0 aliphatic heterocycles. The molecule has 1 aromatic rings. The number of hydrogen-bond donors (Lipinski definition) is 1. The Bertz CT molecular complexity index is 308. The van der Waals surface area contributed by atoms with Gasteiger partial charge in [0.15, 0.2) is 0 Å².